The van der Waals surface area contributed by atoms with Crippen LogP contribution in [0, 0.1) is 0 Å². The van der Waals surface area contributed by atoms with E-state index in [0.717, 1.165) is 16.4 Å². The van der Waals surface area contributed by atoms with Crippen molar-refractivity contribution in [2.45, 2.75) is 0 Å². The fourth-order valence-corrected chi connectivity index (χ4v) is 1.27. The molecule has 0 aliphatic carbocycles. The van der Waals surface area contributed by atoms with Crippen molar-refractivity contribution >= 4 is 25.1 Å². The van der Waals surface area contributed by atoms with Gasteiger partial charge in [-0.15, -0.1) is 10.2 Å². The minimum Gasteiger partial charge on any atom is -0.317 e. The number of hydrogen-bond donors (Lipinski definition) is 0. The summed E-state index contributed by atoms with van der Waals surface area (Å²) in [5.41, 5.74) is 1.02. The molecule has 2 rings (SSSR count). The van der Waals surface area contributed by atoms with Crippen molar-refractivity contribution in [3.8, 4) is 11.4 Å². The zero-order valence-electron chi connectivity index (χ0n) is 7.61. The monoisotopic (exact) mass is 227 g/mol. The molecular formula is C9H10ClN3S. The highest BCUT2D eigenvalue weighted by atomic mass is 35.5. The molecule has 0 amide bonds. The third-order valence-corrected chi connectivity index (χ3v) is 2.07. The Morgan fingerprint density at radius 2 is 1.86 bits per heavy atom. The van der Waals surface area contributed by atoms with E-state index >= 15 is 0 Å². The molecule has 0 aliphatic heterocycles. The Bertz CT molecular complexity index is 410. The largest absolute Gasteiger partial charge is 0.317 e. The predicted octanol–water partition coefficient (Wildman–Crippen LogP) is 2.25. The molecule has 0 bridgehead atoms. The Morgan fingerprint density at radius 3 is 2.36 bits per heavy atom. The van der Waals surface area contributed by atoms with Gasteiger partial charge in [-0.25, -0.2) is 0 Å². The second kappa shape index (κ2) is 4.48. The molecule has 1 heterocycles. The lowest BCUT2D eigenvalue weighted by molar-refractivity contribution is 0.920. The maximum absolute atomic E-state index is 5.77. The summed E-state index contributed by atoms with van der Waals surface area (Å²) >= 11 is 5.77. The van der Waals surface area contributed by atoms with E-state index in [-0.39, 0.29) is 13.5 Å². The van der Waals surface area contributed by atoms with Crippen LogP contribution >= 0.6 is 25.1 Å². The van der Waals surface area contributed by atoms with Crippen LogP contribution in [0.5, 0.6) is 0 Å². The van der Waals surface area contributed by atoms with Crippen LogP contribution in [-0.4, -0.2) is 14.8 Å². The van der Waals surface area contributed by atoms with Crippen LogP contribution in [0.25, 0.3) is 11.4 Å². The van der Waals surface area contributed by atoms with Crippen molar-refractivity contribution in [3.63, 3.8) is 0 Å². The van der Waals surface area contributed by atoms with Crippen molar-refractivity contribution in [1.29, 1.82) is 0 Å². The number of hydrogen-bond acceptors (Lipinski definition) is 2. The first-order valence-corrected chi connectivity index (χ1v) is 4.25. The van der Waals surface area contributed by atoms with Crippen LogP contribution in [0.4, 0.5) is 0 Å². The Hall–Kier alpha value is -1.000. The molecular weight excluding hydrogens is 218 g/mol. The lowest BCUT2D eigenvalue weighted by Crippen LogP contribution is -1.90. The molecule has 74 valence electrons. The molecule has 0 unspecified atom stereocenters. The molecule has 0 N–H and O–H groups in total. The van der Waals surface area contributed by atoms with Gasteiger partial charge in [-0.1, -0.05) is 11.6 Å². The molecule has 0 aliphatic rings. The van der Waals surface area contributed by atoms with E-state index in [0.29, 0.717) is 0 Å². The van der Waals surface area contributed by atoms with Crippen molar-refractivity contribution in [3.05, 3.63) is 35.6 Å². The summed E-state index contributed by atoms with van der Waals surface area (Å²) in [5, 5.41) is 8.51. The minimum atomic E-state index is 0. The van der Waals surface area contributed by atoms with Crippen LogP contribution in [-0.2, 0) is 7.05 Å². The van der Waals surface area contributed by atoms with Gasteiger partial charge in [0.05, 0.1) is 0 Å². The van der Waals surface area contributed by atoms with Gasteiger partial charge in [0.2, 0.25) is 0 Å². The third-order valence-electron chi connectivity index (χ3n) is 1.81. The maximum Gasteiger partial charge on any atom is 0.163 e. The van der Waals surface area contributed by atoms with Gasteiger partial charge in [-0.3, -0.25) is 0 Å². The molecule has 0 radical (unpaired) electrons. The molecule has 2 aromatic rings. The topological polar surface area (TPSA) is 30.7 Å². The van der Waals surface area contributed by atoms with Gasteiger partial charge in [0.25, 0.3) is 0 Å². The Labute approximate surface area is 94.2 Å². The van der Waals surface area contributed by atoms with E-state index < -0.39 is 0 Å². The van der Waals surface area contributed by atoms with Crippen LogP contribution in [0.15, 0.2) is 30.6 Å². The minimum absolute atomic E-state index is 0. The van der Waals surface area contributed by atoms with E-state index in [2.05, 4.69) is 10.2 Å². The highest BCUT2D eigenvalue weighted by Gasteiger charge is 2.02. The summed E-state index contributed by atoms with van der Waals surface area (Å²) in [6.07, 6.45) is 1.67. The van der Waals surface area contributed by atoms with Crippen molar-refractivity contribution < 1.29 is 0 Å². The Morgan fingerprint density at radius 1 is 1.21 bits per heavy atom. The Kier molecular flexibility index (Phi) is 3.55. The van der Waals surface area contributed by atoms with Gasteiger partial charge in [0.15, 0.2) is 5.82 Å². The molecule has 14 heavy (non-hydrogen) atoms. The Balaban J connectivity index is 0.000000980. The van der Waals surface area contributed by atoms with Gasteiger partial charge in [-0.2, -0.15) is 13.5 Å². The van der Waals surface area contributed by atoms with Crippen molar-refractivity contribution in [2.24, 2.45) is 7.05 Å². The molecule has 3 nitrogen and oxygen atoms in total. The lowest BCUT2D eigenvalue weighted by Gasteiger charge is -1.99. The zero-order chi connectivity index (χ0) is 9.26. The van der Waals surface area contributed by atoms with Crippen LogP contribution < -0.4 is 0 Å². The van der Waals surface area contributed by atoms with E-state index in [1.165, 1.54) is 0 Å². The second-order valence-electron chi connectivity index (χ2n) is 2.77. The van der Waals surface area contributed by atoms with Gasteiger partial charge >= 0.3 is 0 Å². The van der Waals surface area contributed by atoms with Gasteiger partial charge < -0.3 is 4.57 Å². The molecule has 5 heteroatoms. The quantitative estimate of drug-likeness (QED) is 0.748. The molecule has 0 saturated heterocycles. The first-order valence-electron chi connectivity index (χ1n) is 3.87. The highest BCUT2D eigenvalue weighted by molar-refractivity contribution is 7.59. The average molecular weight is 228 g/mol. The SMILES string of the molecule is Cn1cnnc1-c1ccc(Cl)cc1.S. The normalized spacial score (nSPS) is 9.57. The summed E-state index contributed by atoms with van der Waals surface area (Å²) in [4.78, 5) is 0. The first kappa shape index (κ1) is 11.1. The summed E-state index contributed by atoms with van der Waals surface area (Å²) in [7, 11) is 1.91. The number of benzene rings is 1. The molecule has 1 aromatic heterocycles. The zero-order valence-corrected chi connectivity index (χ0v) is 9.36. The molecule has 0 saturated carbocycles. The molecule has 1 aromatic carbocycles. The number of halogens is 1. The number of aryl methyl sites for hydroxylation is 1. The van der Waals surface area contributed by atoms with Gasteiger partial charge in [0, 0.05) is 17.6 Å². The van der Waals surface area contributed by atoms with E-state index in [4.69, 9.17) is 11.6 Å². The molecule has 0 spiro atoms. The van der Waals surface area contributed by atoms with Crippen molar-refractivity contribution in [2.75, 3.05) is 0 Å². The maximum atomic E-state index is 5.77. The average Bonchev–Trinajstić information content (AvgIpc) is 2.53. The van der Waals surface area contributed by atoms with Crippen LogP contribution in [0.1, 0.15) is 0 Å². The summed E-state index contributed by atoms with van der Waals surface area (Å²) in [6.45, 7) is 0. The predicted molar refractivity (Wildman–Crippen MR) is 61.8 cm³/mol. The standard InChI is InChI=1S/C9H8ClN3.H2S/c1-13-6-11-12-9(13)7-2-4-8(10)5-3-7;/h2-6H,1H3;1H2. The fraction of sp³-hybridized carbons (Fsp3) is 0.111. The van der Waals surface area contributed by atoms with Gasteiger partial charge in [0.1, 0.15) is 6.33 Å². The van der Waals surface area contributed by atoms with Crippen LogP contribution in [0.3, 0.4) is 0 Å². The second-order valence-corrected chi connectivity index (χ2v) is 3.21. The molecule has 0 fully saturated rings. The van der Waals surface area contributed by atoms with E-state index in [1.807, 2.05) is 35.9 Å². The van der Waals surface area contributed by atoms with Crippen LogP contribution in [0.2, 0.25) is 5.02 Å². The fourth-order valence-electron chi connectivity index (χ4n) is 1.14. The third kappa shape index (κ3) is 2.08. The van der Waals surface area contributed by atoms with Gasteiger partial charge in [-0.05, 0) is 24.3 Å². The number of aromatic nitrogens is 3. The lowest BCUT2D eigenvalue weighted by atomic mass is 10.2. The summed E-state index contributed by atoms with van der Waals surface area (Å²) in [6, 6.07) is 7.52. The highest BCUT2D eigenvalue weighted by Crippen LogP contribution is 2.18. The summed E-state index contributed by atoms with van der Waals surface area (Å²) < 4.78 is 1.86. The number of rotatable bonds is 1. The van der Waals surface area contributed by atoms with E-state index in [1.54, 1.807) is 6.33 Å². The summed E-state index contributed by atoms with van der Waals surface area (Å²) in [5.74, 6) is 0.844. The van der Waals surface area contributed by atoms with Crippen molar-refractivity contribution in [1.82, 2.24) is 14.8 Å². The first-order chi connectivity index (χ1) is 6.27. The molecule has 0 atom stereocenters. The number of nitrogens with zero attached hydrogens (tertiary/aromatic N) is 3. The smallest absolute Gasteiger partial charge is 0.163 e. The van der Waals surface area contributed by atoms with E-state index in [9.17, 15) is 0 Å².